The Balaban J connectivity index is 0.00000171. The van der Waals surface area contributed by atoms with Crippen LogP contribution in [0.3, 0.4) is 0 Å². The Morgan fingerprint density at radius 1 is 1.29 bits per heavy atom. The molecule has 1 aliphatic carbocycles. The number of anilines is 1. The van der Waals surface area contributed by atoms with Crippen molar-refractivity contribution in [1.82, 2.24) is 4.40 Å². The number of halogens is 3. The van der Waals surface area contributed by atoms with Gasteiger partial charge in [0.15, 0.2) is 5.82 Å². The van der Waals surface area contributed by atoms with E-state index in [0.717, 1.165) is 35.4 Å². The lowest BCUT2D eigenvalue weighted by atomic mass is 9.89. The molecule has 0 amide bonds. The summed E-state index contributed by atoms with van der Waals surface area (Å²) in [6.07, 6.45) is 4.36. The molecule has 2 aromatic heterocycles. The van der Waals surface area contributed by atoms with E-state index < -0.39 is 17.3 Å². The van der Waals surface area contributed by atoms with Crippen molar-refractivity contribution in [3.63, 3.8) is 0 Å². The number of aliphatic hydroxyl groups excluding tert-OH is 1. The van der Waals surface area contributed by atoms with Gasteiger partial charge in [-0.1, -0.05) is 0 Å². The van der Waals surface area contributed by atoms with Crippen molar-refractivity contribution < 1.29 is 19.4 Å². The molecule has 2 aliphatic rings. The van der Waals surface area contributed by atoms with Gasteiger partial charge in [0.05, 0.1) is 17.4 Å². The number of aryl methyl sites for hydroxylation is 1. The summed E-state index contributed by atoms with van der Waals surface area (Å²) >= 11 is 0. The van der Waals surface area contributed by atoms with Crippen LogP contribution in [-0.2, 0) is 0 Å². The van der Waals surface area contributed by atoms with E-state index in [1.54, 1.807) is 6.92 Å². The first-order chi connectivity index (χ1) is 13.8. The lowest BCUT2D eigenvalue weighted by Gasteiger charge is -2.39. The number of aliphatic hydroxyl groups is 1. The molecule has 0 spiro atoms. The third-order valence-electron chi connectivity index (χ3n) is 6.31. The molecule has 10 heteroatoms. The molecule has 31 heavy (non-hydrogen) atoms. The zero-order valence-electron chi connectivity index (χ0n) is 17.2. The fourth-order valence-electron chi connectivity index (χ4n) is 4.65. The molecule has 4 rings (SSSR count). The molecule has 0 unspecified atom stereocenters. The molecule has 0 radical (unpaired) electrons. The average Bonchev–Trinajstić information content (AvgIpc) is 3.49. The lowest BCUT2D eigenvalue weighted by molar-refractivity contribution is 0.0694. The number of nitrogens with zero attached hydrogens (tertiary/aromatic N) is 2. The normalized spacial score (nSPS) is 20.8. The highest BCUT2D eigenvalue weighted by Crippen LogP contribution is 2.44. The molecular weight excluding hydrogens is 448 g/mol. The number of aromatic carboxylic acids is 1. The number of pyridine rings is 2. The van der Waals surface area contributed by atoms with Crippen LogP contribution in [-0.4, -0.2) is 46.3 Å². The van der Waals surface area contributed by atoms with Gasteiger partial charge in [-0.25, -0.2) is 9.18 Å². The van der Waals surface area contributed by atoms with E-state index in [1.165, 1.54) is 6.07 Å². The summed E-state index contributed by atoms with van der Waals surface area (Å²) in [6.45, 7) is 2.95. The minimum atomic E-state index is -1.30. The van der Waals surface area contributed by atoms with Gasteiger partial charge in [-0.2, -0.15) is 0 Å². The van der Waals surface area contributed by atoms with Crippen LogP contribution in [0.15, 0.2) is 17.1 Å². The Kier molecular flexibility index (Phi) is 7.97. The Morgan fingerprint density at radius 2 is 1.97 bits per heavy atom. The van der Waals surface area contributed by atoms with Crippen molar-refractivity contribution >= 4 is 42.0 Å². The molecule has 0 bridgehead atoms. The minimum absolute atomic E-state index is 0. The molecule has 2 aromatic rings. The number of fused-ring (bicyclic) bond motifs is 1. The smallest absolute Gasteiger partial charge is 0.341 e. The van der Waals surface area contributed by atoms with Gasteiger partial charge in [0.25, 0.3) is 5.56 Å². The first-order valence-corrected chi connectivity index (χ1v) is 10.1. The van der Waals surface area contributed by atoms with Crippen LogP contribution >= 0.6 is 24.8 Å². The fourth-order valence-corrected chi connectivity index (χ4v) is 4.65. The Morgan fingerprint density at radius 3 is 2.52 bits per heavy atom. The Labute approximate surface area is 191 Å². The third-order valence-corrected chi connectivity index (χ3v) is 6.31. The van der Waals surface area contributed by atoms with Crippen molar-refractivity contribution in [2.45, 2.75) is 44.6 Å². The van der Waals surface area contributed by atoms with Crippen molar-refractivity contribution in [2.24, 2.45) is 11.7 Å². The van der Waals surface area contributed by atoms with Gasteiger partial charge in [0, 0.05) is 25.7 Å². The van der Waals surface area contributed by atoms with Gasteiger partial charge < -0.3 is 20.8 Å². The number of piperidine rings is 1. The lowest BCUT2D eigenvalue weighted by Crippen LogP contribution is -2.49. The van der Waals surface area contributed by atoms with E-state index >= 15 is 4.39 Å². The molecule has 1 saturated heterocycles. The van der Waals surface area contributed by atoms with Crippen molar-refractivity contribution in [1.29, 1.82) is 0 Å². The minimum Gasteiger partial charge on any atom is -0.477 e. The van der Waals surface area contributed by atoms with Crippen LogP contribution in [0.4, 0.5) is 10.1 Å². The van der Waals surface area contributed by atoms with Crippen LogP contribution in [0.25, 0.3) is 5.52 Å². The Hall–Kier alpha value is -1.87. The van der Waals surface area contributed by atoms with E-state index in [1.807, 2.05) is 4.90 Å². The van der Waals surface area contributed by atoms with Crippen molar-refractivity contribution in [3.8, 4) is 0 Å². The number of carboxylic acid groups (broad SMARTS) is 1. The second-order valence-corrected chi connectivity index (χ2v) is 8.24. The van der Waals surface area contributed by atoms with Crippen LogP contribution in [0.1, 0.15) is 53.1 Å². The molecule has 172 valence electrons. The van der Waals surface area contributed by atoms with E-state index in [4.69, 9.17) is 5.73 Å². The van der Waals surface area contributed by atoms with Crippen molar-refractivity contribution in [2.75, 3.05) is 24.6 Å². The standard InChI is InChI=1S/C21H26FN3O4.2ClH/c1-11-18-14(12-2-3-12)8-15(21(28)29)20(27)25(18)9-16(22)19(11)24-6-4-13(5-7-26)17(23)10-24;;/h8-9,12-13,17,26H,2-7,10,23H2,1H3,(H,28,29);2*1H/t13-,17-;;/m1../s1. The summed E-state index contributed by atoms with van der Waals surface area (Å²) in [7, 11) is 0. The SMILES string of the molecule is Cc1c(N2CC[C@H](CCO)[C@H](N)C2)c(F)cn2c(=O)c(C(=O)O)cc(C3CC3)c12.Cl.Cl. The predicted molar refractivity (Wildman–Crippen MR) is 122 cm³/mol. The first-order valence-electron chi connectivity index (χ1n) is 10.1. The van der Waals surface area contributed by atoms with Crippen LogP contribution in [0.5, 0.6) is 0 Å². The van der Waals surface area contributed by atoms with E-state index in [-0.39, 0.29) is 54.9 Å². The predicted octanol–water partition coefficient (Wildman–Crippen LogP) is 2.70. The van der Waals surface area contributed by atoms with E-state index in [9.17, 15) is 19.8 Å². The second kappa shape index (κ2) is 9.73. The molecule has 2 fully saturated rings. The highest BCUT2D eigenvalue weighted by Gasteiger charge is 2.32. The van der Waals surface area contributed by atoms with Crippen LogP contribution in [0.2, 0.25) is 0 Å². The first kappa shape index (κ1) is 25.4. The highest BCUT2D eigenvalue weighted by atomic mass is 35.5. The summed E-state index contributed by atoms with van der Waals surface area (Å²) < 4.78 is 16.3. The summed E-state index contributed by atoms with van der Waals surface area (Å²) in [6, 6.07) is 1.29. The highest BCUT2D eigenvalue weighted by molar-refractivity contribution is 5.89. The number of carboxylic acids is 1. The van der Waals surface area contributed by atoms with Gasteiger partial charge in [0.2, 0.25) is 0 Å². The topological polar surface area (TPSA) is 108 Å². The number of aromatic nitrogens is 1. The molecule has 4 N–H and O–H groups in total. The summed E-state index contributed by atoms with van der Waals surface area (Å²) in [4.78, 5) is 26.1. The quantitative estimate of drug-likeness (QED) is 0.613. The zero-order valence-corrected chi connectivity index (χ0v) is 18.8. The monoisotopic (exact) mass is 475 g/mol. The van der Waals surface area contributed by atoms with Gasteiger partial charge in [0.1, 0.15) is 5.56 Å². The van der Waals surface area contributed by atoms with Crippen LogP contribution < -0.4 is 16.2 Å². The molecule has 3 heterocycles. The largest absolute Gasteiger partial charge is 0.477 e. The second-order valence-electron chi connectivity index (χ2n) is 8.24. The number of nitrogens with two attached hydrogens (primary N) is 1. The fraction of sp³-hybridized carbons (Fsp3) is 0.524. The zero-order chi connectivity index (χ0) is 20.9. The summed E-state index contributed by atoms with van der Waals surface area (Å²) in [5.41, 5.74) is 7.68. The molecule has 0 aromatic carbocycles. The number of rotatable bonds is 5. The maximum atomic E-state index is 15.2. The molecule has 2 atom stereocenters. The number of hydrogen-bond donors (Lipinski definition) is 3. The summed E-state index contributed by atoms with van der Waals surface area (Å²) in [5, 5.41) is 18.6. The van der Waals surface area contributed by atoms with E-state index in [2.05, 4.69) is 0 Å². The molecule has 1 aliphatic heterocycles. The number of carbonyl (C=O) groups is 1. The maximum absolute atomic E-state index is 15.2. The van der Waals surface area contributed by atoms with Crippen molar-refractivity contribution in [3.05, 3.63) is 45.1 Å². The average molecular weight is 476 g/mol. The van der Waals surface area contributed by atoms with Gasteiger partial charge in [-0.3, -0.25) is 9.20 Å². The van der Waals surface area contributed by atoms with E-state index in [0.29, 0.717) is 36.3 Å². The number of hydrogen-bond acceptors (Lipinski definition) is 5. The van der Waals surface area contributed by atoms with Crippen LogP contribution in [0, 0.1) is 18.7 Å². The Bertz CT molecular complexity index is 1040. The molecule has 7 nitrogen and oxygen atoms in total. The maximum Gasteiger partial charge on any atom is 0.341 e. The van der Waals surface area contributed by atoms with Gasteiger partial charge >= 0.3 is 5.97 Å². The van der Waals surface area contributed by atoms with Gasteiger partial charge in [-0.05, 0) is 61.6 Å². The summed E-state index contributed by atoms with van der Waals surface area (Å²) in [5.74, 6) is -1.47. The molecule has 1 saturated carbocycles. The third kappa shape index (κ3) is 4.53. The molecular formula is C21H28Cl2FN3O4. The van der Waals surface area contributed by atoms with Gasteiger partial charge in [-0.15, -0.1) is 24.8 Å².